The van der Waals surface area contributed by atoms with Gasteiger partial charge in [0.25, 0.3) is 0 Å². The Morgan fingerprint density at radius 2 is 1.25 bits per heavy atom. The van der Waals surface area contributed by atoms with Gasteiger partial charge in [-0.25, -0.2) is 9.59 Å². The second-order valence-corrected chi connectivity index (χ2v) is 3.14. The van der Waals surface area contributed by atoms with E-state index in [4.69, 9.17) is 10.2 Å². The van der Waals surface area contributed by atoms with Gasteiger partial charge < -0.3 is 10.2 Å². The molecule has 0 heterocycles. The van der Waals surface area contributed by atoms with E-state index in [9.17, 15) is 9.59 Å². The van der Waals surface area contributed by atoms with Crippen molar-refractivity contribution in [3.8, 4) is 0 Å². The molecule has 2 aromatic carbocycles. The van der Waals surface area contributed by atoms with Gasteiger partial charge in [-0.3, -0.25) is 0 Å². The Bertz CT molecular complexity index is 534. The van der Waals surface area contributed by atoms with Gasteiger partial charge in [0.05, 0.1) is 11.1 Å². The van der Waals surface area contributed by atoms with Crippen molar-refractivity contribution in [1.82, 2.24) is 0 Å². The van der Waals surface area contributed by atoms with Gasteiger partial charge in [0.15, 0.2) is 0 Å². The van der Waals surface area contributed by atoms with Crippen LogP contribution < -0.4 is 0 Å². The Kier molecular flexibility index (Phi) is 2.32. The van der Waals surface area contributed by atoms with Crippen molar-refractivity contribution < 1.29 is 19.8 Å². The molecule has 2 aromatic rings. The van der Waals surface area contributed by atoms with Gasteiger partial charge in [-0.15, -0.1) is 0 Å². The maximum Gasteiger partial charge on any atom is 0.336 e. The monoisotopic (exact) mass is 214 g/mol. The molecule has 4 heteroatoms. The van der Waals surface area contributed by atoms with Crippen LogP contribution in [-0.4, -0.2) is 22.2 Å². The normalized spacial score (nSPS) is 10.2. The van der Waals surface area contributed by atoms with Crippen LogP contribution in [0.4, 0.5) is 0 Å². The summed E-state index contributed by atoms with van der Waals surface area (Å²) in [4.78, 5) is 21.8. The Morgan fingerprint density at radius 1 is 0.875 bits per heavy atom. The Hall–Kier alpha value is -2.36. The molecule has 4 nitrogen and oxygen atoms in total. The minimum Gasteiger partial charge on any atom is -0.478 e. The highest BCUT2D eigenvalue weighted by Gasteiger charge is 2.14. The van der Waals surface area contributed by atoms with Crippen molar-refractivity contribution in [3.05, 3.63) is 47.5 Å². The SMILES string of the molecule is O=C(O)c1ccc(C(=O)O)c2[c]cc[c]c12. The lowest BCUT2D eigenvalue weighted by Crippen LogP contribution is -2.03. The van der Waals surface area contributed by atoms with Crippen molar-refractivity contribution in [2.75, 3.05) is 0 Å². The van der Waals surface area contributed by atoms with Gasteiger partial charge in [-0.2, -0.15) is 0 Å². The summed E-state index contributed by atoms with van der Waals surface area (Å²) in [7, 11) is 0. The highest BCUT2D eigenvalue weighted by atomic mass is 16.4. The Balaban J connectivity index is 2.87. The quantitative estimate of drug-likeness (QED) is 0.799. The molecule has 78 valence electrons. The minimum absolute atomic E-state index is 0.0249. The Labute approximate surface area is 90.8 Å². The fourth-order valence-corrected chi connectivity index (χ4v) is 1.51. The van der Waals surface area contributed by atoms with E-state index in [0.717, 1.165) is 0 Å². The molecule has 0 aliphatic carbocycles. The number of benzene rings is 2. The van der Waals surface area contributed by atoms with Crippen LogP contribution in [0.1, 0.15) is 20.7 Å². The van der Waals surface area contributed by atoms with Gasteiger partial charge in [-0.05, 0) is 24.3 Å². The third kappa shape index (κ3) is 1.50. The predicted molar refractivity (Wildman–Crippen MR) is 55.5 cm³/mol. The highest BCUT2D eigenvalue weighted by Crippen LogP contribution is 2.22. The minimum atomic E-state index is -1.11. The van der Waals surface area contributed by atoms with E-state index in [0.29, 0.717) is 0 Å². The molecule has 0 aliphatic heterocycles. The molecule has 0 aliphatic rings. The maximum atomic E-state index is 10.9. The van der Waals surface area contributed by atoms with Gasteiger partial charge >= 0.3 is 11.9 Å². The zero-order chi connectivity index (χ0) is 11.7. The van der Waals surface area contributed by atoms with E-state index < -0.39 is 11.9 Å². The predicted octanol–water partition coefficient (Wildman–Crippen LogP) is 1.84. The maximum absolute atomic E-state index is 10.9. The molecular weight excluding hydrogens is 208 g/mol. The molecule has 0 unspecified atom stereocenters. The first-order valence-electron chi connectivity index (χ1n) is 4.43. The summed E-state index contributed by atoms with van der Waals surface area (Å²) in [5.41, 5.74) is 0.0497. The van der Waals surface area contributed by atoms with Crippen LogP contribution in [0.3, 0.4) is 0 Å². The van der Waals surface area contributed by atoms with E-state index in [-0.39, 0.29) is 21.9 Å². The van der Waals surface area contributed by atoms with Crippen molar-refractivity contribution >= 4 is 22.7 Å². The zero-order valence-electron chi connectivity index (χ0n) is 8.02. The molecular formula is C12H6O4. The van der Waals surface area contributed by atoms with Crippen molar-refractivity contribution in [3.63, 3.8) is 0 Å². The van der Waals surface area contributed by atoms with Crippen LogP contribution in [0.25, 0.3) is 10.8 Å². The third-order valence-electron chi connectivity index (χ3n) is 2.20. The average molecular weight is 214 g/mol. The number of carboxylic acids is 2. The van der Waals surface area contributed by atoms with E-state index in [1.807, 2.05) is 0 Å². The number of hydrogen-bond acceptors (Lipinski definition) is 2. The number of aromatic carboxylic acids is 2. The summed E-state index contributed by atoms with van der Waals surface area (Å²) in [6, 6.07) is 11.0. The molecule has 2 N–H and O–H groups in total. The smallest absolute Gasteiger partial charge is 0.336 e. The summed E-state index contributed by atoms with van der Waals surface area (Å²) in [5.74, 6) is -2.23. The third-order valence-corrected chi connectivity index (χ3v) is 2.20. The van der Waals surface area contributed by atoms with E-state index in [1.165, 1.54) is 24.3 Å². The molecule has 0 amide bonds. The molecule has 0 fully saturated rings. The highest BCUT2D eigenvalue weighted by molar-refractivity contribution is 6.10. The first-order chi connectivity index (χ1) is 7.61. The molecule has 2 radical (unpaired) electrons. The summed E-state index contributed by atoms with van der Waals surface area (Å²) in [6.07, 6.45) is 0. The number of rotatable bonds is 2. The standard InChI is InChI=1S/C12H6O4/c13-11(14)9-5-6-10(12(15)16)8-4-2-1-3-7(8)9/h1-2,5-6H,(H,13,14)(H,15,16). The summed E-state index contributed by atoms with van der Waals surface area (Å²) in [5, 5.41) is 18.4. The molecule has 0 bridgehead atoms. The van der Waals surface area contributed by atoms with Crippen LogP contribution in [0, 0.1) is 12.1 Å². The van der Waals surface area contributed by atoms with Crippen molar-refractivity contribution in [2.24, 2.45) is 0 Å². The fraction of sp³-hybridized carbons (Fsp3) is 0. The summed E-state index contributed by atoms with van der Waals surface area (Å²) >= 11 is 0. The molecule has 0 aromatic heterocycles. The number of hydrogen-bond donors (Lipinski definition) is 2. The fourth-order valence-electron chi connectivity index (χ4n) is 1.51. The van der Waals surface area contributed by atoms with Crippen LogP contribution >= 0.6 is 0 Å². The van der Waals surface area contributed by atoms with Crippen LogP contribution in [0.15, 0.2) is 24.3 Å². The number of fused-ring (bicyclic) bond motifs is 1. The van der Waals surface area contributed by atoms with Gasteiger partial charge in [0.1, 0.15) is 0 Å². The molecule has 0 atom stereocenters. The molecule has 0 saturated heterocycles. The molecule has 0 spiro atoms. The largest absolute Gasteiger partial charge is 0.478 e. The topological polar surface area (TPSA) is 74.6 Å². The lowest BCUT2D eigenvalue weighted by atomic mass is 10.00. The Morgan fingerprint density at radius 3 is 1.56 bits per heavy atom. The van der Waals surface area contributed by atoms with E-state index >= 15 is 0 Å². The van der Waals surface area contributed by atoms with Gasteiger partial charge in [-0.1, -0.05) is 12.1 Å². The van der Waals surface area contributed by atoms with E-state index in [1.54, 1.807) is 0 Å². The second-order valence-electron chi connectivity index (χ2n) is 3.14. The zero-order valence-corrected chi connectivity index (χ0v) is 8.02. The first kappa shape index (κ1) is 10.2. The van der Waals surface area contributed by atoms with Crippen molar-refractivity contribution in [1.29, 1.82) is 0 Å². The summed E-state index contributed by atoms with van der Waals surface area (Å²) in [6.45, 7) is 0. The molecule has 2 rings (SSSR count). The van der Waals surface area contributed by atoms with Gasteiger partial charge in [0, 0.05) is 10.8 Å². The average Bonchev–Trinajstić information content (AvgIpc) is 2.27. The van der Waals surface area contributed by atoms with Crippen LogP contribution in [0.5, 0.6) is 0 Å². The first-order valence-corrected chi connectivity index (χ1v) is 4.43. The van der Waals surface area contributed by atoms with Crippen LogP contribution in [0.2, 0.25) is 0 Å². The number of carboxylic acid groups (broad SMARTS) is 2. The molecule has 16 heavy (non-hydrogen) atoms. The van der Waals surface area contributed by atoms with Gasteiger partial charge in [0.2, 0.25) is 0 Å². The van der Waals surface area contributed by atoms with Crippen LogP contribution in [-0.2, 0) is 0 Å². The molecule has 0 saturated carbocycles. The lowest BCUT2D eigenvalue weighted by molar-refractivity contribution is 0.0684. The van der Waals surface area contributed by atoms with Crippen molar-refractivity contribution in [2.45, 2.75) is 0 Å². The number of carbonyl (C=O) groups is 2. The second kappa shape index (κ2) is 3.66. The lowest BCUT2D eigenvalue weighted by Gasteiger charge is -2.04. The summed E-state index contributed by atoms with van der Waals surface area (Å²) < 4.78 is 0. The van der Waals surface area contributed by atoms with E-state index in [2.05, 4.69) is 12.1 Å².